The van der Waals surface area contributed by atoms with Crippen molar-refractivity contribution in [3.63, 3.8) is 0 Å². The van der Waals surface area contributed by atoms with E-state index in [9.17, 15) is 14.0 Å². The molecule has 0 spiro atoms. The molecule has 1 aromatic heterocycles. The fourth-order valence-corrected chi connectivity index (χ4v) is 3.91. The largest absolute Gasteiger partial charge is 0.444 e. The molecule has 1 heterocycles. The van der Waals surface area contributed by atoms with Gasteiger partial charge >= 0.3 is 6.09 Å². The Morgan fingerprint density at radius 3 is 1.96 bits per heavy atom. The Balaban J connectivity index is 1.79. The minimum atomic E-state index is -0.699. The van der Waals surface area contributed by atoms with Crippen molar-refractivity contribution >= 4 is 29.3 Å². The number of nitrogens with one attached hydrogen (secondary N) is 3. The normalized spacial score (nSPS) is 12.2. The quantitative estimate of drug-likeness (QED) is 0.114. The maximum absolute atomic E-state index is 13.2. The van der Waals surface area contributed by atoms with E-state index < -0.39 is 11.7 Å². The predicted molar refractivity (Wildman–Crippen MR) is 185 cm³/mol. The molecule has 0 aliphatic rings. The third-order valence-electron chi connectivity index (χ3n) is 6.11. The SMILES string of the molecule is CC/C=C\C/C=C\C/C=C\C/C=C\C/C=C\CCCC(=O)Nc1ccc(NCc2ccc(F)cc2)nc1NC(=O)OC(C)(C)C. The molecule has 0 fully saturated rings. The van der Waals surface area contributed by atoms with Crippen LogP contribution < -0.4 is 16.0 Å². The number of halogens is 1. The zero-order valence-electron chi connectivity index (χ0n) is 27.2. The molecular weight excluding hydrogens is 567 g/mol. The van der Waals surface area contributed by atoms with Gasteiger partial charge in [-0.1, -0.05) is 79.8 Å². The first-order valence-electron chi connectivity index (χ1n) is 15.7. The van der Waals surface area contributed by atoms with Crippen molar-refractivity contribution in [1.82, 2.24) is 4.98 Å². The molecule has 8 heteroatoms. The number of amides is 2. The van der Waals surface area contributed by atoms with E-state index in [4.69, 9.17) is 4.74 Å². The van der Waals surface area contributed by atoms with Gasteiger partial charge in [-0.3, -0.25) is 10.1 Å². The van der Waals surface area contributed by atoms with Gasteiger partial charge in [0.2, 0.25) is 5.91 Å². The van der Waals surface area contributed by atoms with E-state index in [-0.39, 0.29) is 17.5 Å². The van der Waals surface area contributed by atoms with Gasteiger partial charge in [-0.25, -0.2) is 14.2 Å². The van der Waals surface area contributed by atoms with Crippen molar-refractivity contribution in [2.75, 3.05) is 16.0 Å². The number of pyridine rings is 1. The second kappa shape index (κ2) is 21.3. The summed E-state index contributed by atoms with van der Waals surface area (Å²) in [6.07, 6.45) is 27.5. The number of anilines is 3. The number of allylic oxidation sites excluding steroid dienone is 10. The number of rotatable bonds is 18. The van der Waals surface area contributed by atoms with Crippen LogP contribution in [0.5, 0.6) is 0 Å². The van der Waals surface area contributed by atoms with Crippen LogP contribution in [-0.2, 0) is 16.1 Å². The van der Waals surface area contributed by atoms with Crippen LogP contribution in [0.1, 0.15) is 84.6 Å². The first kappa shape index (κ1) is 36.7. The molecule has 7 nitrogen and oxygen atoms in total. The fourth-order valence-electron chi connectivity index (χ4n) is 3.91. The number of benzene rings is 1. The molecule has 0 atom stereocenters. The molecule has 2 amide bonds. The van der Waals surface area contributed by atoms with Crippen LogP contribution in [0, 0.1) is 5.82 Å². The Hall–Kier alpha value is -4.46. The number of carbonyl (C=O) groups is 2. The molecule has 2 rings (SSSR count). The Labute approximate surface area is 268 Å². The minimum Gasteiger partial charge on any atom is -0.444 e. The second-order valence-electron chi connectivity index (χ2n) is 11.3. The molecular formula is C37H49FN4O3. The van der Waals surface area contributed by atoms with Gasteiger partial charge in [0.15, 0.2) is 5.82 Å². The summed E-state index contributed by atoms with van der Waals surface area (Å²) in [4.78, 5) is 29.6. The third-order valence-corrected chi connectivity index (χ3v) is 6.11. The number of hydrogen-bond acceptors (Lipinski definition) is 5. The predicted octanol–water partition coefficient (Wildman–Crippen LogP) is 10.0. The van der Waals surface area contributed by atoms with Crippen molar-refractivity contribution in [2.45, 2.75) is 91.2 Å². The first-order valence-corrected chi connectivity index (χ1v) is 15.7. The average Bonchev–Trinajstić information content (AvgIpc) is 2.98. The number of ether oxygens (including phenoxy) is 1. The number of unbranched alkanes of at least 4 members (excludes halogenated alkanes) is 1. The molecule has 3 N–H and O–H groups in total. The van der Waals surface area contributed by atoms with Gasteiger partial charge in [-0.2, -0.15) is 0 Å². The molecule has 0 saturated carbocycles. The number of hydrogen-bond donors (Lipinski definition) is 3. The molecule has 242 valence electrons. The van der Waals surface area contributed by atoms with Crippen LogP contribution in [0.3, 0.4) is 0 Å². The molecule has 0 saturated heterocycles. The Bertz CT molecular complexity index is 1320. The molecule has 0 radical (unpaired) electrons. The van der Waals surface area contributed by atoms with Gasteiger partial charge in [0, 0.05) is 13.0 Å². The van der Waals surface area contributed by atoms with Gasteiger partial charge in [0.1, 0.15) is 17.2 Å². The second-order valence-corrected chi connectivity index (χ2v) is 11.3. The fraction of sp³-hybridized carbons (Fsp3) is 0.378. The number of carbonyl (C=O) groups excluding carboxylic acids is 2. The third kappa shape index (κ3) is 18.1. The zero-order chi connectivity index (χ0) is 32.8. The van der Waals surface area contributed by atoms with Crippen molar-refractivity contribution in [3.8, 4) is 0 Å². The highest BCUT2D eigenvalue weighted by atomic mass is 19.1. The Morgan fingerprint density at radius 1 is 0.800 bits per heavy atom. The summed E-state index contributed by atoms with van der Waals surface area (Å²) in [5, 5.41) is 8.64. The monoisotopic (exact) mass is 616 g/mol. The van der Waals surface area contributed by atoms with Crippen LogP contribution in [-0.4, -0.2) is 22.6 Å². The van der Waals surface area contributed by atoms with E-state index in [1.807, 2.05) is 0 Å². The van der Waals surface area contributed by atoms with Crippen molar-refractivity contribution < 1.29 is 18.7 Å². The summed E-state index contributed by atoms with van der Waals surface area (Å²) in [6, 6.07) is 9.51. The van der Waals surface area contributed by atoms with E-state index in [1.165, 1.54) is 12.1 Å². The van der Waals surface area contributed by atoms with Crippen LogP contribution in [0.25, 0.3) is 0 Å². The van der Waals surface area contributed by atoms with E-state index in [0.29, 0.717) is 30.9 Å². The number of nitrogens with zero attached hydrogens (tertiary/aromatic N) is 1. The Kier molecular flexibility index (Phi) is 17.4. The van der Waals surface area contributed by atoms with Gasteiger partial charge in [-0.15, -0.1) is 0 Å². The lowest BCUT2D eigenvalue weighted by Gasteiger charge is -2.20. The standard InChI is InChI=1S/C37H49FN4O3/c1-5-6-7-8-9-10-11-12-13-14-15-16-17-18-19-20-21-22-34(43)40-32-27-28-33(39-29-30-23-25-31(38)26-24-30)41-35(32)42-36(44)45-37(2,3)4/h6-7,9-10,12-13,15-16,18-19,23-28H,5,8,11,14,17,20-22,29H2,1-4H3,(H,40,43)(H2,39,41,42,44)/b7-6-,10-9-,13-12-,16-15-,19-18-. The van der Waals surface area contributed by atoms with Crippen LogP contribution >= 0.6 is 0 Å². The van der Waals surface area contributed by atoms with E-state index in [2.05, 4.69) is 88.6 Å². The van der Waals surface area contributed by atoms with Crippen molar-refractivity contribution in [2.24, 2.45) is 0 Å². The highest BCUT2D eigenvalue weighted by Gasteiger charge is 2.19. The lowest BCUT2D eigenvalue weighted by atomic mass is 10.2. The van der Waals surface area contributed by atoms with Crippen LogP contribution in [0.2, 0.25) is 0 Å². The lowest BCUT2D eigenvalue weighted by Crippen LogP contribution is -2.28. The van der Waals surface area contributed by atoms with Gasteiger partial charge in [-0.05, 0) is 95.5 Å². The molecule has 0 bridgehead atoms. The molecule has 1 aromatic carbocycles. The van der Waals surface area contributed by atoms with E-state index in [1.54, 1.807) is 45.0 Å². The summed E-state index contributed by atoms with van der Waals surface area (Å²) in [5.41, 5.74) is 0.535. The van der Waals surface area contributed by atoms with Gasteiger partial charge in [0.05, 0.1) is 5.69 Å². The summed E-state index contributed by atoms with van der Waals surface area (Å²) in [7, 11) is 0. The maximum Gasteiger partial charge on any atom is 0.413 e. The summed E-state index contributed by atoms with van der Waals surface area (Å²) >= 11 is 0. The minimum absolute atomic E-state index is 0.166. The molecule has 2 aromatic rings. The first-order chi connectivity index (χ1) is 21.7. The molecule has 0 aliphatic carbocycles. The van der Waals surface area contributed by atoms with Gasteiger partial charge in [0.25, 0.3) is 0 Å². The average molecular weight is 617 g/mol. The summed E-state index contributed by atoms with van der Waals surface area (Å²) in [6.45, 7) is 7.84. The molecule has 0 unspecified atom stereocenters. The smallest absolute Gasteiger partial charge is 0.413 e. The van der Waals surface area contributed by atoms with Crippen LogP contribution in [0.4, 0.5) is 26.5 Å². The topological polar surface area (TPSA) is 92.4 Å². The van der Waals surface area contributed by atoms with E-state index >= 15 is 0 Å². The number of aromatic nitrogens is 1. The van der Waals surface area contributed by atoms with E-state index in [0.717, 1.165) is 44.1 Å². The van der Waals surface area contributed by atoms with Crippen molar-refractivity contribution in [3.05, 3.63) is 109 Å². The van der Waals surface area contributed by atoms with Crippen molar-refractivity contribution in [1.29, 1.82) is 0 Å². The molecule has 0 aliphatic heterocycles. The molecule has 45 heavy (non-hydrogen) atoms. The van der Waals surface area contributed by atoms with Gasteiger partial charge < -0.3 is 15.4 Å². The highest BCUT2D eigenvalue weighted by molar-refractivity contribution is 5.97. The van der Waals surface area contributed by atoms with Crippen LogP contribution in [0.15, 0.2) is 97.2 Å². The lowest BCUT2D eigenvalue weighted by molar-refractivity contribution is -0.116. The maximum atomic E-state index is 13.2. The zero-order valence-corrected chi connectivity index (χ0v) is 27.2. The highest BCUT2D eigenvalue weighted by Crippen LogP contribution is 2.24. The Morgan fingerprint density at radius 2 is 1.38 bits per heavy atom. The summed E-state index contributed by atoms with van der Waals surface area (Å²) < 4.78 is 18.6. The summed E-state index contributed by atoms with van der Waals surface area (Å²) in [5.74, 6) is 0.156.